The van der Waals surface area contributed by atoms with E-state index in [-0.39, 0.29) is 18.5 Å². The Balaban J connectivity index is 3.36. The lowest BCUT2D eigenvalue weighted by Crippen LogP contribution is -2.45. The molecule has 2 atom stereocenters. The number of aliphatic hydroxyl groups is 2. The van der Waals surface area contributed by atoms with Crippen molar-refractivity contribution >= 4 is 11.9 Å². The van der Waals surface area contributed by atoms with Crippen LogP contribution in [0.1, 0.15) is 450 Å². The van der Waals surface area contributed by atoms with Crippen molar-refractivity contribution in [3.8, 4) is 0 Å². The topological polar surface area (TPSA) is 95.9 Å². The van der Waals surface area contributed by atoms with Gasteiger partial charge in [0, 0.05) is 12.8 Å². The molecule has 0 fully saturated rings. The summed E-state index contributed by atoms with van der Waals surface area (Å²) in [5.74, 6) is -0.0172. The zero-order valence-electron chi connectivity index (χ0n) is 58.6. The maximum absolute atomic E-state index is 12.6. The molecular formula is C80H155NO5. The van der Waals surface area contributed by atoms with Crippen molar-refractivity contribution in [2.45, 2.75) is 463 Å². The van der Waals surface area contributed by atoms with E-state index in [1.54, 1.807) is 0 Å². The van der Waals surface area contributed by atoms with Crippen molar-refractivity contribution in [1.82, 2.24) is 5.32 Å². The molecule has 0 spiro atoms. The van der Waals surface area contributed by atoms with Gasteiger partial charge in [0.05, 0.1) is 25.4 Å². The van der Waals surface area contributed by atoms with Crippen LogP contribution in [0, 0.1) is 0 Å². The second-order valence-electron chi connectivity index (χ2n) is 27.4. The third kappa shape index (κ3) is 71.4. The maximum Gasteiger partial charge on any atom is 0.305 e. The molecule has 0 aliphatic heterocycles. The summed E-state index contributed by atoms with van der Waals surface area (Å²) in [5.41, 5.74) is 0. The van der Waals surface area contributed by atoms with Gasteiger partial charge in [-0.15, -0.1) is 0 Å². The monoisotopic (exact) mass is 1210 g/mol. The van der Waals surface area contributed by atoms with Crippen LogP contribution in [0.25, 0.3) is 0 Å². The van der Waals surface area contributed by atoms with Crippen molar-refractivity contribution in [2.24, 2.45) is 0 Å². The molecule has 510 valence electrons. The molecule has 0 saturated carbocycles. The Morgan fingerprint density at radius 1 is 0.314 bits per heavy atom. The second kappa shape index (κ2) is 75.8. The highest BCUT2D eigenvalue weighted by Crippen LogP contribution is 2.20. The first kappa shape index (κ1) is 84.3. The van der Waals surface area contributed by atoms with Crippen molar-refractivity contribution in [1.29, 1.82) is 0 Å². The molecule has 6 nitrogen and oxygen atoms in total. The molecule has 0 aliphatic rings. The molecule has 0 aromatic heterocycles. The minimum absolute atomic E-state index is 0.0108. The Bertz CT molecular complexity index is 1350. The molecule has 0 aromatic carbocycles. The van der Waals surface area contributed by atoms with Crippen LogP contribution in [0.5, 0.6) is 0 Å². The number of nitrogens with one attached hydrogen (secondary N) is 1. The number of carbonyl (C=O) groups excluding carboxylic acids is 2. The fourth-order valence-corrected chi connectivity index (χ4v) is 12.7. The van der Waals surface area contributed by atoms with Crippen LogP contribution in [0.2, 0.25) is 0 Å². The van der Waals surface area contributed by atoms with E-state index in [1.165, 1.54) is 372 Å². The number of allylic oxidation sites excluding steroid dienone is 4. The van der Waals surface area contributed by atoms with E-state index in [4.69, 9.17) is 4.74 Å². The number of rotatable bonds is 75. The molecule has 0 saturated heterocycles. The Hall–Kier alpha value is -1.66. The number of carbonyl (C=O) groups is 2. The van der Waals surface area contributed by atoms with E-state index in [9.17, 15) is 19.8 Å². The van der Waals surface area contributed by atoms with Gasteiger partial charge in [0.2, 0.25) is 5.91 Å². The summed E-state index contributed by atoms with van der Waals surface area (Å²) in [5, 5.41) is 23.5. The SMILES string of the molecule is CCCCCCCCC/C=C\CCCCCCCC(=O)OCCCCCCCCCCCCCC/C=C\CCCCCCCCCCCCCCCCC(=O)NC(CO)C(O)CCCCCCCCCCCCCCCCCCCCCCCCC. The molecule has 0 aliphatic carbocycles. The standard InChI is InChI=1S/C80H155NO5/c1-3-5-7-9-11-13-15-17-19-21-22-23-32-35-38-41-44-48-52-56-60-64-68-72-78(83)77(76-82)81-79(84)73-69-65-61-57-53-49-45-42-39-36-33-30-28-26-24-25-27-29-31-34-37-40-43-47-51-55-59-63-67-71-75-86-80(85)74-70-66-62-58-54-50-46-20-18-16-14-12-10-8-6-4-2/h20,25,27,46,77-78,82-83H,3-19,21-24,26,28-45,47-76H2,1-2H3,(H,81,84)/b27-25-,46-20-. The number of hydrogen-bond acceptors (Lipinski definition) is 5. The van der Waals surface area contributed by atoms with E-state index in [1.807, 2.05) is 0 Å². The van der Waals surface area contributed by atoms with Crippen molar-refractivity contribution in [3.63, 3.8) is 0 Å². The average molecular weight is 1210 g/mol. The van der Waals surface area contributed by atoms with Crippen LogP contribution in [0.15, 0.2) is 24.3 Å². The van der Waals surface area contributed by atoms with Gasteiger partial charge in [-0.1, -0.05) is 385 Å². The highest BCUT2D eigenvalue weighted by molar-refractivity contribution is 5.76. The van der Waals surface area contributed by atoms with Gasteiger partial charge in [0.25, 0.3) is 0 Å². The molecule has 0 aromatic rings. The third-order valence-electron chi connectivity index (χ3n) is 18.7. The van der Waals surface area contributed by atoms with E-state index in [0.717, 1.165) is 44.9 Å². The molecule has 3 N–H and O–H groups in total. The van der Waals surface area contributed by atoms with E-state index >= 15 is 0 Å². The molecule has 6 heteroatoms. The molecule has 2 unspecified atom stereocenters. The normalized spacial score (nSPS) is 12.6. The van der Waals surface area contributed by atoms with Crippen LogP contribution in [0.4, 0.5) is 0 Å². The quantitative estimate of drug-likeness (QED) is 0.0320. The van der Waals surface area contributed by atoms with E-state index in [0.29, 0.717) is 25.9 Å². The summed E-state index contributed by atoms with van der Waals surface area (Å²) in [6.07, 6.45) is 96.9. The van der Waals surface area contributed by atoms with Crippen molar-refractivity contribution < 1.29 is 24.5 Å². The molecule has 1 amide bonds. The Morgan fingerprint density at radius 2 is 0.547 bits per heavy atom. The summed E-state index contributed by atoms with van der Waals surface area (Å²) in [6.45, 7) is 5.00. The number of hydrogen-bond donors (Lipinski definition) is 3. The van der Waals surface area contributed by atoms with Gasteiger partial charge in [-0.25, -0.2) is 0 Å². The Morgan fingerprint density at radius 3 is 0.826 bits per heavy atom. The summed E-state index contributed by atoms with van der Waals surface area (Å²) in [7, 11) is 0. The lowest BCUT2D eigenvalue weighted by Gasteiger charge is -2.22. The highest BCUT2D eigenvalue weighted by atomic mass is 16.5. The first-order valence-electron chi connectivity index (χ1n) is 39.6. The lowest BCUT2D eigenvalue weighted by molar-refractivity contribution is -0.143. The maximum atomic E-state index is 12.6. The van der Waals surface area contributed by atoms with Crippen LogP contribution in [-0.2, 0) is 14.3 Å². The predicted octanol–water partition coefficient (Wildman–Crippen LogP) is 26.0. The molecular weight excluding hydrogens is 1050 g/mol. The Kier molecular flexibility index (Phi) is 74.3. The smallest absolute Gasteiger partial charge is 0.305 e. The zero-order chi connectivity index (χ0) is 62.0. The third-order valence-corrected chi connectivity index (χ3v) is 18.7. The minimum Gasteiger partial charge on any atom is -0.466 e. The van der Waals surface area contributed by atoms with Gasteiger partial charge in [0.15, 0.2) is 0 Å². The number of amides is 1. The summed E-state index contributed by atoms with van der Waals surface area (Å²) >= 11 is 0. The van der Waals surface area contributed by atoms with Crippen LogP contribution in [-0.4, -0.2) is 47.4 Å². The molecule has 0 radical (unpaired) electrons. The zero-order valence-corrected chi connectivity index (χ0v) is 58.6. The first-order chi connectivity index (χ1) is 42.5. The molecule has 0 heterocycles. The number of ether oxygens (including phenoxy) is 1. The molecule has 0 rings (SSSR count). The Labute approximate surface area is 539 Å². The van der Waals surface area contributed by atoms with Gasteiger partial charge in [-0.2, -0.15) is 0 Å². The van der Waals surface area contributed by atoms with Gasteiger partial charge in [-0.3, -0.25) is 9.59 Å². The summed E-state index contributed by atoms with van der Waals surface area (Å²) in [6, 6.07) is -0.542. The van der Waals surface area contributed by atoms with E-state index in [2.05, 4.69) is 43.5 Å². The summed E-state index contributed by atoms with van der Waals surface area (Å²) < 4.78 is 5.50. The van der Waals surface area contributed by atoms with Gasteiger partial charge in [-0.05, 0) is 77.0 Å². The van der Waals surface area contributed by atoms with Crippen LogP contribution in [0.3, 0.4) is 0 Å². The van der Waals surface area contributed by atoms with Crippen molar-refractivity contribution in [3.05, 3.63) is 24.3 Å². The molecule has 86 heavy (non-hydrogen) atoms. The number of aliphatic hydroxyl groups excluding tert-OH is 2. The second-order valence-corrected chi connectivity index (χ2v) is 27.4. The number of esters is 1. The van der Waals surface area contributed by atoms with Gasteiger partial charge >= 0.3 is 5.97 Å². The van der Waals surface area contributed by atoms with Crippen LogP contribution >= 0.6 is 0 Å². The fraction of sp³-hybridized carbons (Fsp3) is 0.925. The first-order valence-corrected chi connectivity index (χ1v) is 39.6. The average Bonchev–Trinajstić information content (AvgIpc) is 3.53. The summed E-state index contributed by atoms with van der Waals surface area (Å²) in [4.78, 5) is 24.7. The van der Waals surface area contributed by atoms with Gasteiger partial charge < -0.3 is 20.3 Å². The molecule has 0 bridgehead atoms. The van der Waals surface area contributed by atoms with Crippen molar-refractivity contribution in [2.75, 3.05) is 13.2 Å². The van der Waals surface area contributed by atoms with Gasteiger partial charge in [0.1, 0.15) is 0 Å². The van der Waals surface area contributed by atoms with E-state index < -0.39 is 12.1 Å². The lowest BCUT2D eigenvalue weighted by atomic mass is 10.0. The predicted molar refractivity (Wildman–Crippen MR) is 380 cm³/mol. The minimum atomic E-state index is -0.665. The number of unbranched alkanes of at least 4 members (excludes halogenated alkanes) is 60. The van der Waals surface area contributed by atoms with Crippen LogP contribution < -0.4 is 5.32 Å². The highest BCUT2D eigenvalue weighted by Gasteiger charge is 2.20. The fourth-order valence-electron chi connectivity index (χ4n) is 12.7. The largest absolute Gasteiger partial charge is 0.466 e.